The van der Waals surface area contributed by atoms with Crippen LogP contribution in [0.25, 0.3) is 10.9 Å². The minimum atomic E-state index is 0.369. The van der Waals surface area contributed by atoms with Gasteiger partial charge in [-0.1, -0.05) is 40.9 Å². The van der Waals surface area contributed by atoms with E-state index in [2.05, 4.69) is 4.98 Å². The third kappa shape index (κ3) is 2.72. The molecule has 3 aromatic rings. The number of aromatic nitrogens is 1. The molecule has 0 radical (unpaired) electrons. The van der Waals surface area contributed by atoms with Crippen LogP contribution in [0.5, 0.6) is 11.5 Å². The topological polar surface area (TPSA) is 48.1 Å². The first kappa shape index (κ1) is 14.3. The Bertz CT molecular complexity index is 837. The van der Waals surface area contributed by atoms with Crippen molar-refractivity contribution < 1.29 is 4.74 Å². The number of para-hydroxylation sites is 1. The summed E-state index contributed by atoms with van der Waals surface area (Å²) >= 11 is 18.0. The Morgan fingerprint density at radius 3 is 2.48 bits per heavy atom. The van der Waals surface area contributed by atoms with Crippen molar-refractivity contribution in [3.63, 3.8) is 0 Å². The number of hydrogen-bond acceptors (Lipinski definition) is 3. The molecule has 0 aliphatic heterocycles. The van der Waals surface area contributed by atoms with Crippen LogP contribution in [0.1, 0.15) is 0 Å². The van der Waals surface area contributed by atoms with Crippen LogP contribution in [0.4, 0.5) is 5.69 Å². The molecule has 0 fully saturated rings. The maximum absolute atomic E-state index is 6.13. The van der Waals surface area contributed by atoms with Crippen LogP contribution in [0.15, 0.2) is 42.6 Å². The third-order valence-corrected chi connectivity index (χ3v) is 3.97. The summed E-state index contributed by atoms with van der Waals surface area (Å²) in [5, 5.41) is 1.91. The maximum Gasteiger partial charge on any atom is 0.147 e. The van der Waals surface area contributed by atoms with Gasteiger partial charge in [0.1, 0.15) is 11.5 Å². The molecule has 0 unspecified atom stereocenters. The van der Waals surface area contributed by atoms with Crippen molar-refractivity contribution in [1.82, 2.24) is 4.98 Å². The molecule has 0 aliphatic rings. The predicted octanol–water partition coefficient (Wildman–Crippen LogP) is 5.57. The molecule has 0 atom stereocenters. The molecule has 21 heavy (non-hydrogen) atoms. The molecule has 3 rings (SSSR count). The van der Waals surface area contributed by atoms with Gasteiger partial charge in [0.25, 0.3) is 0 Å². The average molecular weight is 340 g/mol. The fraction of sp³-hybridized carbons (Fsp3) is 0. The number of rotatable bonds is 2. The number of ether oxygens (including phenoxy) is 1. The van der Waals surface area contributed by atoms with Gasteiger partial charge in [-0.2, -0.15) is 0 Å². The van der Waals surface area contributed by atoms with Crippen LogP contribution in [0.2, 0.25) is 15.1 Å². The van der Waals surface area contributed by atoms with E-state index < -0.39 is 0 Å². The van der Waals surface area contributed by atoms with E-state index in [0.29, 0.717) is 37.8 Å². The Morgan fingerprint density at radius 1 is 0.905 bits per heavy atom. The monoisotopic (exact) mass is 338 g/mol. The Morgan fingerprint density at radius 2 is 1.67 bits per heavy atom. The van der Waals surface area contributed by atoms with Crippen molar-refractivity contribution in [2.75, 3.05) is 5.73 Å². The second-order valence-corrected chi connectivity index (χ2v) is 5.57. The number of benzene rings is 2. The first-order valence-electron chi connectivity index (χ1n) is 6.02. The van der Waals surface area contributed by atoms with Crippen molar-refractivity contribution in [2.24, 2.45) is 0 Å². The number of nitrogen functional groups attached to an aromatic ring is 1. The molecule has 0 bridgehead atoms. The highest BCUT2D eigenvalue weighted by atomic mass is 35.5. The Kier molecular flexibility index (Phi) is 3.81. The fourth-order valence-electron chi connectivity index (χ4n) is 1.96. The summed E-state index contributed by atoms with van der Waals surface area (Å²) in [5.41, 5.74) is 7.16. The number of fused-ring (bicyclic) bond motifs is 1. The van der Waals surface area contributed by atoms with Crippen LogP contribution in [-0.2, 0) is 0 Å². The van der Waals surface area contributed by atoms with Gasteiger partial charge < -0.3 is 10.5 Å². The Hall–Kier alpha value is -1.68. The van der Waals surface area contributed by atoms with Gasteiger partial charge in [-0.25, -0.2) is 0 Å². The lowest BCUT2D eigenvalue weighted by atomic mass is 10.2. The lowest BCUT2D eigenvalue weighted by Gasteiger charge is -2.11. The molecule has 1 aromatic heterocycles. The largest absolute Gasteiger partial charge is 0.455 e. The smallest absolute Gasteiger partial charge is 0.147 e. The van der Waals surface area contributed by atoms with Crippen LogP contribution < -0.4 is 10.5 Å². The molecule has 0 saturated carbocycles. The van der Waals surface area contributed by atoms with Crippen LogP contribution in [0, 0.1) is 0 Å². The molecule has 0 spiro atoms. The predicted molar refractivity (Wildman–Crippen MR) is 87.7 cm³/mol. The van der Waals surface area contributed by atoms with Gasteiger partial charge in [0.2, 0.25) is 0 Å². The van der Waals surface area contributed by atoms with Crippen LogP contribution in [0.3, 0.4) is 0 Å². The van der Waals surface area contributed by atoms with Crippen molar-refractivity contribution in [3.05, 3.63) is 57.7 Å². The normalized spacial score (nSPS) is 10.8. The zero-order valence-electron chi connectivity index (χ0n) is 10.6. The molecule has 6 heteroatoms. The first-order chi connectivity index (χ1) is 10.1. The van der Waals surface area contributed by atoms with Crippen molar-refractivity contribution in [3.8, 4) is 11.5 Å². The van der Waals surface area contributed by atoms with Gasteiger partial charge in [-0.15, -0.1) is 0 Å². The second kappa shape index (κ2) is 5.60. The van der Waals surface area contributed by atoms with Crippen molar-refractivity contribution in [2.45, 2.75) is 0 Å². The van der Waals surface area contributed by atoms with Crippen LogP contribution >= 0.6 is 34.8 Å². The summed E-state index contributed by atoms with van der Waals surface area (Å²) in [6, 6.07) is 10.3. The summed E-state index contributed by atoms with van der Waals surface area (Å²) in [4.78, 5) is 4.25. The minimum absolute atomic E-state index is 0.369. The molecule has 2 N–H and O–H groups in total. The SMILES string of the molecule is Nc1cccc2c(Oc3cc(Cl)c(Cl)cc3Cl)ccnc12. The quantitative estimate of drug-likeness (QED) is 0.490. The zero-order chi connectivity index (χ0) is 15.0. The lowest BCUT2D eigenvalue weighted by Crippen LogP contribution is -1.92. The standard InChI is InChI=1S/C15H9Cl3N2O/c16-9-6-11(18)14(7-10(9)17)21-13-4-5-20-15-8(13)2-1-3-12(15)19/h1-7H,19H2. The number of hydrogen-bond donors (Lipinski definition) is 1. The summed E-state index contributed by atoms with van der Waals surface area (Å²) in [6.07, 6.45) is 1.62. The van der Waals surface area contributed by atoms with E-state index in [9.17, 15) is 0 Å². The zero-order valence-corrected chi connectivity index (χ0v) is 12.9. The van der Waals surface area contributed by atoms with Gasteiger partial charge in [-0.3, -0.25) is 4.98 Å². The van der Waals surface area contributed by atoms with Gasteiger partial charge in [0, 0.05) is 17.6 Å². The number of anilines is 1. The summed E-state index contributed by atoms with van der Waals surface area (Å²) in [5.74, 6) is 1.01. The van der Waals surface area contributed by atoms with E-state index >= 15 is 0 Å². The van der Waals surface area contributed by atoms with E-state index in [1.807, 2.05) is 12.1 Å². The molecular weight excluding hydrogens is 331 g/mol. The fourth-order valence-corrected chi connectivity index (χ4v) is 2.54. The molecular formula is C15H9Cl3N2O. The number of nitrogens with zero attached hydrogens (tertiary/aromatic N) is 1. The third-order valence-electron chi connectivity index (χ3n) is 2.96. The van der Waals surface area contributed by atoms with Gasteiger partial charge >= 0.3 is 0 Å². The minimum Gasteiger partial charge on any atom is -0.455 e. The van der Waals surface area contributed by atoms with Gasteiger partial charge in [0.05, 0.1) is 26.3 Å². The van der Waals surface area contributed by atoms with E-state index in [-0.39, 0.29) is 0 Å². The maximum atomic E-state index is 6.13. The lowest BCUT2D eigenvalue weighted by molar-refractivity contribution is 0.488. The van der Waals surface area contributed by atoms with E-state index in [1.165, 1.54) is 0 Å². The summed E-state index contributed by atoms with van der Waals surface area (Å²) in [7, 11) is 0. The Balaban J connectivity index is 2.11. The van der Waals surface area contributed by atoms with Crippen molar-refractivity contribution >= 4 is 51.4 Å². The Labute approximate surface area is 136 Å². The summed E-state index contributed by atoms with van der Waals surface area (Å²) in [6.45, 7) is 0. The molecule has 2 aromatic carbocycles. The van der Waals surface area contributed by atoms with Crippen LogP contribution in [-0.4, -0.2) is 4.98 Å². The molecule has 106 valence electrons. The highest BCUT2D eigenvalue weighted by molar-refractivity contribution is 6.43. The second-order valence-electron chi connectivity index (χ2n) is 4.35. The van der Waals surface area contributed by atoms with E-state index in [4.69, 9.17) is 45.3 Å². The van der Waals surface area contributed by atoms with Gasteiger partial charge in [-0.05, 0) is 24.3 Å². The van der Waals surface area contributed by atoms with Gasteiger partial charge in [0.15, 0.2) is 0 Å². The first-order valence-corrected chi connectivity index (χ1v) is 7.15. The summed E-state index contributed by atoms with van der Waals surface area (Å²) < 4.78 is 5.84. The number of nitrogens with two attached hydrogens (primary N) is 1. The van der Waals surface area contributed by atoms with E-state index in [0.717, 1.165) is 5.39 Å². The average Bonchev–Trinajstić information content (AvgIpc) is 2.46. The highest BCUT2D eigenvalue weighted by Gasteiger charge is 2.11. The molecule has 3 nitrogen and oxygen atoms in total. The molecule has 0 aliphatic carbocycles. The van der Waals surface area contributed by atoms with Crippen molar-refractivity contribution in [1.29, 1.82) is 0 Å². The molecule has 0 saturated heterocycles. The molecule has 1 heterocycles. The van der Waals surface area contributed by atoms with E-state index in [1.54, 1.807) is 30.5 Å². The number of halogens is 3. The number of pyridine rings is 1. The molecule has 0 amide bonds. The highest BCUT2D eigenvalue weighted by Crippen LogP contribution is 2.38.